The van der Waals surface area contributed by atoms with Crippen LogP contribution in [0.15, 0.2) is 30.3 Å². The molecule has 1 fully saturated rings. The average Bonchev–Trinajstić information content (AvgIpc) is 2.72. The largest absolute Gasteiger partial charge is 0.467 e. The summed E-state index contributed by atoms with van der Waals surface area (Å²) in [5.41, 5.74) is -0.863. The number of likely N-dealkylation sites (tertiary alicyclic amines) is 1. The van der Waals surface area contributed by atoms with Gasteiger partial charge in [-0.05, 0) is 45.7 Å². The molecule has 30 heavy (non-hydrogen) atoms. The number of anilines is 1. The Morgan fingerprint density at radius 2 is 1.70 bits per heavy atom. The van der Waals surface area contributed by atoms with E-state index in [1.807, 2.05) is 51.1 Å². The van der Waals surface area contributed by atoms with Crippen LogP contribution >= 0.6 is 0 Å². The normalized spacial score (nSPS) is 16.6. The van der Waals surface area contributed by atoms with Crippen molar-refractivity contribution < 1.29 is 23.9 Å². The van der Waals surface area contributed by atoms with E-state index in [0.29, 0.717) is 44.6 Å². The molecule has 1 amide bonds. The monoisotopic (exact) mass is 418 g/mol. The highest BCUT2D eigenvalue weighted by Crippen LogP contribution is 2.35. The Hall–Kier alpha value is -2.41. The Labute approximate surface area is 179 Å². The number of amides is 1. The molecule has 0 aliphatic carbocycles. The molecule has 7 heteroatoms. The summed E-state index contributed by atoms with van der Waals surface area (Å²) in [5.74, 6) is -0.756. The number of hydrogen-bond acceptors (Lipinski definition) is 6. The van der Waals surface area contributed by atoms with Crippen LogP contribution in [0.3, 0.4) is 0 Å². The Morgan fingerprint density at radius 3 is 2.20 bits per heavy atom. The van der Waals surface area contributed by atoms with E-state index in [1.165, 1.54) is 7.11 Å². The second-order valence-electron chi connectivity index (χ2n) is 8.62. The highest BCUT2D eigenvalue weighted by molar-refractivity contribution is 6.02. The Balaban J connectivity index is 2.16. The third-order valence-corrected chi connectivity index (χ3v) is 5.30. The van der Waals surface area contributed by atoms with Crippen molar-refractivity contribution in [3.8, 4) is 0 Å². The molecule has 2 rings (SSSR count). The van der Waals surface area contributed by atoms with Crippen LogP contribution in [-0.2, 0) is 23.9 Å². The molecule has 0 aromatic heterocycles. The number of benzene rings is 1. The molecular weight excluding hydrogens is 384 g/mol. The van der Waals surface area contributed by atoms with Crippen molar-refractivity contribution in [1.29, 1.82) is 0 Å². The minimum atomic E-state index is -1.05. The van der Waals surface area contributed by atoms with Crippen LogP contribution in [0, 0.1) is 0 Å². The lowest BCUT2D eigenvalue weighted by atomic mass is 9.84. The molecule has 7 nitrogen and oxygen atoms in total. The van der Waals surface area contributed by atoms with Crippen LogP contribution in [0.5, 0.6) is 0 Å². The van der Waals surface area contributed by atoms with Crippen molar-refractivity contribution in [2.75, 3.05) is 31.6 Å². The van der Waals surface area contributed by atoms with Crippen LogP contribution in [-0.4, -0.2) is 60.6 Å². The molecule has 0 bridgehead atoms. The minimum Gasteiger partial charge on any atom is -0.467 e. The maximum atomic E-state index is 12.9. The van der Waals surface area contributed by atoms with Gasteiger partial charge in [-0.25, -0.2) is 4.79 Å². The lowest BCUT2D eigenvalue weighted by Gasteiger charge is -2.46. The molecule has 1 aliphatic heterocycles. The lowest BCUT2D eigenvalue weighted by Crippen LogP contribution is -2.62. The first-order valence-electron chi connectivity index (χ1n) is 10.5. The topological polar surface area (TPSA) is 76.2 Å². The lowest BCUT2D eigenvalue weighted by molar-refractivity contribution is -0.156. The summed E-state index contributed by atoms with van der Waals surface area (Å²) in [6.45, 7) is 9.05. The number of piperidine rings is 1. The second kappa shape index (κ2) is 10.1. The fourth-order valence-corrected chi connectivity index (χ4v) is 3.86. The van der Waals surface area contributed by atoms with Gasteiger partial charge < -0.3 is 14.4 Å². The highest BCUT2D eigenvalue weighted by Gasteiger charge is 2.49. The zero-order chi connectivity index (χ0) is 22.4. The Bertz CT molecular complexity index is 734. The number of esters is 2. The van der Waals surface area contributed by atoms with Gasteiger partial charge in [-0.3, -0.25) is 14.5 Å². The minimum absolute atomic E-state index is 0.117. The molecule has 0 N–H and O–H groups in total. The quantitative estimate of drug-likeness (QED) is 0.633. The van der Waals surface area contributed by atoms with Crippen LogP contribution < -0.4 is 4.90 Å². The predicted octanol–water partition coefficient (Wildman–Crippen LogP) is 3.17. The fourth-order valence-electron chi connectivity index (χ4n) is 3.86. The highest BCUT2D eigenvalue weighted by atomic mass is 16.6. The number of methoxy groups -OCH3 is 1. The first kappa shape index (κ1) is 23.9. The zero-order valence-corrected chi connectivity index (χ0v) is 18.8. The van der Waals surface area contributed by atoms with E-state index in [4.69, 9.17) is 9.47 Å². The van der Waals surface area contributed by atoms with Crippen LogP contribution in [0.25, 0.3) is 0 Å². The summed E-state index contributed by atoms with van der Waals surface area (Å²) in [4.78, 5) is 41.6. The van der Waals surface area contributed by atoms with Gasteiger partial charge in [0.2, 0.25) is 5.91 Å². The average molecular weight is 419 g/mol. The molecule has 1 saturated heterocycles. The van der Waals surface area contributed by atoms with Gasteiger partial charge in [-0.1, -0.05) is 25.1 Å². The van der Waals surface area contributed by atoms with E-state index >= 15 is 0 Å². The van der Waals surface area contributed by atoms with Crippen molar-refractivity contribution in [1.82, 2.24) is 4.90 Å². The van der Waals surface area contributed by atoms with Crippen molar-refractivity contribution in [2.24, 2.45) is 0 Å². The summed E-state index contributed by atoms with van der Waals surface area (Å²) in [5, 5.41) is 0. The van der Waals surface area contributed by atoms with Crippen molar-refractivity contribution in [2.45, 2.75) is 64.5 Å². The van der Waals surface area contributed by atoms with Gasteiger partial charge in [0.05, 0.1) is 13.5 Å². The van der Waals surface area contributed by atoms with E-state index in [9.17, 15) is 14.4 Å². The summed E-state index contributed by atoms with van der Waals surface area (Å²) in [6, 6.07) is 9.26. The molecule has 1 aliphatic rings. The van der Waals surface area contributed by atoms with Crippen LogP contribution in [0.4, 0.5) is 5.69 Å². The smallest absolute Gasteiger partial charge is 0.332 e. The summed E-state index contributed by atoms with van der Waals surface area (Å²) in [7, 11) is 1.36. The van der Waals surface area contributed by atoms with Crippen LogP contribution in [0.2, 0.25) is 0 Å². The number of carbonyl (C=O) groups excluding carboxylic acids is 3. The molecule has 0 spiro atoms. The molecular formula is C23H34N2O5. The number of carbonyl (C=O) groups is 3. The van der Waals surface area contributed by atoms with Crippen molar-refractivity contribution in [3.05, 3.63) is 30.3 Å². The number of nitrogens with zero attached hydrogens (tertiary/aromatic N) is 2. The molecule has 1 heterocycles. The van der Waals surface area contributed by atoms with Crippen LogP contribution in [0.1, 0.15) is 53.4 Å². The van der Waals surface area contributed by atoms with Gasteiger partial charge in [0.15, 0.2) is 0 Å². The fraction of sp³-hybridized carbons (Fsp3) is 0.609. The Kier molecular flexibility index (Phi) is 8.01. The standard InChI is InChI=1S/C23H34N2O5/c1-6-19(26)25(18-10-8-7-9-11-18)23(21(28)29-5)13-16-24(17-14-23)15-12-20(27)30-22(2,3)4/h7-11H,6,12-17H2,1-5H3. The van der Waals surface area contributed by atoms with Gasteiger partial charge in [-0.2, -0.15) is 0 Å². The van der Waals surface area contributed by atoms with E-state index in [1.54, 1.807) is 11.8 Å². The van der Waals surface area contributed by atoms with Crippen molar-refractivity contribution >= 4 is 23.5 Å². The first-order valence-corrected chi connectivity index (χ1v) is 10.5. The maximum Gasteiger partial charge on any atom is 0.332 e. The predicted molar refractivity (Wildman–Crippen MR) is 115 cm³/mol. The molecule has 166 valence electrons. The van der Waals surface area contributed by atoms with Gasteiger partial charge in [0.25, 0.3) is 0 Å². The molecule has 0 radical (unpaired) electrons. The summed E-state index contributed by atoms with van der Waals surface area (Å²) >= 11 is 0. The molecule has 0 unspecified atom stereocenters. The van der Waals surface area contributed by atoms with Gasteiger partial charge in [-0.15, -0.1) is 0 Å². The molecule has 0 atom stereocenters. The number of hydrogen-bond donors (Lipinski definition) is 0. The number of ether oxygens (including phenoxy) is 2. The van der Waals surface area contributed by atoms with E-state index in [-0.39, 0.29) is 18.3 Å². The molecule has 1 aromatic carbocycles. The zero-order valence-electron chi connectivity index (χ0n) is 18.8. The third-order valence-electron chi connectivity index (χ3n) is 5.30. The summed E-state index contributed by atoms with van der Waals surface area (Å²) < 4.78 is 10.5. The number of para-hydroxylation sites is 1. The second-order valence-corrected chi connectivity index (χ2v) is 8.62. The van der Waals surface area contributed by atoms with Gasteiger partial charge in [0, 0.05) is 31.7 Å². The Morgan fingerprint density at radius 1 is 1.10 bits per heavy atom. The summed E-state index contributed by atoms with van der Waals surface area (Å²) in [6.07, 6.45) is 1.46. The third kappa shape index (κ3) is 5.81. The molecule has 1 aromatic rings. The van der Waals surface area contributed by atoms with Gasteiger partial charge in [0.1, 0.15) is 11.1 Å². The SMILES string of the molecule is CCC(=O)N(c1ccccc1)C1(C(=O)OC)CCN(CCC(=O)OC(C)(C)C)CC1. The number of rotatable bonds is 7. The maximum absolute atomic E-state index is 12.9. The first-order chi connectivity index (χ1) is 14.1. The van der Waals surface area contributed by atoms with E-state index < -0.39 is 17.1 Å². The van der Waals surface area contributed by atoms with E-state index in [2.05, 4.69) is 4.90 Å². The molecule has 0 saturated carbocycles. The van der Waals surface area contributed by atoms with E-state index in [0.717, 1.165) is 0 Å². The van der Waals surface area contributed by atoms with Crippen molar-refractivity contribution in [3.63, 3.8) is 0 Å². The van der Waals surface area contributed by atoms with Gasteiger partial charge >= 0.3 is 11.9 Å².